The topological polar surface area (TPSA) is 50.9 Å². The van der Waals surface area contributed by atoms with E-state index in [1.165, 1.54) is 11.3 Å². The van der Waals surface area contributed by atoms with Crippen molar-refractivity contribution in [2.45, 2.75) is 6.42 Å². The normalized spacial score (nSPS) is 10.1. The molecule has 4 heteroatoms. The SMILES string of the molecule is CNCCc1csc(N)n1. The summed E-state index contributed by atoms with van der Waals surface area (Å²) in [4.78, 5) is 4.10. The van der Waals surface area contributed by atoms with Crippen molar-refractivity contribution in [3.8, 4) is 0 Å². The van der Waals surface area contributed by atoms with Crippen LogP contribution in [-0.2, 0) is 6.42 Å². The maximum absolute atomic E-state index is 5.44. The van der Waals surface area contributed by atoms with Crippen molar-refractivity contribution in [2.75, 3.05) is 19.3 Å². The number of thiazole rings is 1. The molecule has 0 aromatic carbocycles. The molecule has 0 bridgehead atoms. The largest absolute Gasteiger partial charge is 0.375 e. The van der Waals surface area contributed by atoms with Crippen LogP contribution in [0.15, 0.2) is 5.38 Å². The van der Waals surface area contributed by atoms with Crippen LogP contribution in [0.2, 0.25) is 0 Å². The fourth-order valence-corrected chi connectivity index (χ4v) is 1.29. The Morgan fingerprint density at radius 1 is 1.80 bits per heavy atom. The van der Waals surface area contributed by atoms with Gasteiger partial charge in [-0.1, -0.05) is 0 Å². The zero-order chi connectivity index (χ0) is 7.40. The van der Waals surface area contributed by atoms with Crippen molar-refractivity contribution in [1.82, 2.24) is 10.3 Å². The fourth-order valence-electron chi connectivity index (χ4n) is 0.691. The average Bonchev–Trinajstić information content (AvgIpc) is 2.31. The van der Waals surface area contributed by atoms with Gasteiger partial charge in [-0.25, -0.2) is 4.98 Å². The molecule has 0 radical (unpaired) electrons. The average molecular weight is 157 g/mol. The van der Waals surface area contributed by atoms with Gasteiger partial charge in [-0.2, -0.15) is 0 Å². The van der Waals surface area contributed by atoms with E-state index in [0.717, 1.165) is 18.7 Å². The molecule has 1 aromatic heterocycles. The predicted octanol–water partition coefficient (Wildman–Crippen LogP) is 0.487. The highest BCUT2D eigenvalue weighted by molar-refractivity contribution is 7.13. The molecule has 0 saturated carbocycles. The second-order valence-corrected chi connectivity index (χ2v) is 2.92. The van der Waals surface area contributed by atoms with E-state index in [4.69, 9.17) is 5.73 Å². The molecular weight excluding hydrogens is 146 g/mol. The molecule has 3 nitrogen and oxygen atoms in total. The van der Waals surface area contributed by atoms with Crippen LogP contribution in [0.25, 0.3) is 0 Å². The third-order valence-electron chi connectivity index (χ3n) is 1.20. The zero-order valence-corrected chi connectivity index (χ0v) is 6.74. The zero-order valence-electron chi connectivity index (χ0n) is 5.92. The summed E-state index contributed by atoms with van der Waals surface area (Å²) in [6.45, 7) is 0.961. The Bertz CT molecular complexity index is 197. The van der Waals surface area contributed by atoms with Gasteiger partial charge >= 0.3 is 0 Å². The van der Waals surface area contributed by atoms with E-state index >= 15 is 0 Å². The van der Waals surface area contributed by atoms with E-state index in [0.29, 0.717) is 5.13 Å². The van der Waals surface area contributed by atoms with Crippen LogP contribution in [0.1, 0.15) is 5.69 Å². The van der Waals surface area contributed by atoms with Gasteiger partial charge in [-0.15, -0.1) is 11.3 Å². The van der Waals surface area contributed by atoms with E-state index < -0.39 is 0 Å². The molecule has 1 heterocycles. The first kappa shape index (κ1) is 7.50. The van der Waals surface area contributed by atoms with Gasteiger partial charge in [0.2, 0.25) is 0 Å². The first-order valence-corrected chi connectivity index (χ1v) is 4.05. The van der Waals surface area contributed by atoms with Crippen molar-refractivity contribution < 1.29 is 0 Å². The fraction of sp³-hybridized carbons (Fsp3) is 0.500. The summed E-state index contributed by atoms with van der Waals surface area (Å²) in [5.41, 5.74) is 6.52. The highest BCUT2D eigenvalue weighted by Crippen LogP contribution is 2.10. The number of nitrogen functional groups attached to an aromatic ring is 1. The van der Waals surface area contributed by atoms with E-state index in [9.17, 15) is 0 Å². The molecule has 0 atom stereocenters. The third-order valence-corrected chi connectivity index (χ3v) is 1.92. The maximum Gasteiger partial charge on any atom is 0.180 e. The van der Waals surface area contributed by atoms with Crippen LogP contribution in [0, 0.1) is 0 Å². The Kier molecular flexibility index (Phi) is 2.65. The molecule has 0 aliphatic heterocycles. The Labute approximate surface area is 64.3 Å². The molecule has 0 aliphatic carbocycles. The van der Waals surface area contributed by atoms with Crippen LogP contribution in [-0.4, -0.2) is 18.6 Å². The summed E-state index contributed by atoms with van der Waals surface area (Å²) in [7, 11) is 1.93. The van der Waals surface area contributed by atoms with Crippen LogP contribution < -0.4 is 11.1 Å². The van der Waals surface area contributed by atoms with Crippen molar-refractivity contribution in [2.24, 2.45) is 0 Å². The molecule has 1 aromatic rings. The van der Waals surface area contributed by atoms with Crippen LogP contribution in [0.3, 0.4) is 0 Å². The number of likely N-dealkylation sites (N-methyl/N-ethyl adjacent to an activating group) is 1. The lowest BCUT2D eigenvalue weighted by Crippen LogP contribution is -2.10. The highest BCUT2D eigenvalue weighted by atomic mass is 32.1. The van der Waals surface area contributed by atoms with E-state index in [1.54, 1.807) is 0 Å². The third kappa shape index (κ3) is 1.97. The van der Waals surface area contributed by atoms with Crippen molar-refractivity contribution in [1.29, 1.82) is 0 Å². The number of rotatable bonds is 3. The smallest absolute Gasteiger partial charge is 0.180 e. The molecule has 0 fully saturated rings. The lowest BCUT2D eigenvalue weighted by molar-refractivity contribution is 0.781. The minimum absolute atomic E-state index is 0.658. The molecule has 0 amide bonds. The van der Waals surface area contributed by atoms with Crippen LogP contribution in [0.4, 0.5) is 5.13 Å². The monoisotopic (exact) mass is 157 g/mol. The molecule has 0 aliphatic rings. The Hall–Kier alpha value is -0.610. The second kappa shape index (κ2) is 3.53. The number of hydrogen-bond acceptors (Lipinski definition) is 4. The summed E-state index contributed by atoms with van der Waals surface area (Å²) in [5, 5.41) is 5.70. The van der Waals surface area contributed by atoms with Crippen molar-refractivity contribution in [3.63, 3.8) is 0 Å². The minimum atomic E-state index is 0.658. The minimum Gasteiger partial charge on any atom is -0.375 e. The van der Waals surface area contributed by atoms with Gasteiger partial charge in [-0.05, 0) is 7.05 Å². The summed E-state index contributed by atoms with van der Waals surface area (Å²) in [6.07, 6.45) is 0.962. The Balaban J connectivity index is 2.42. The highest BCUT2D eigenvalue weighted by Gasteiger charge is 1.95. The van der Waals surface area contributed by atoms with Gasteiger partial charge in [0.25, 0.3) is 0 Å². The number of hydrogen-bond donors (Lipinski definition) is 2. The number of nitrogens with two attached hydrogens (primary N) is 1. The van der Waals surface area contributed by atoms with E-state index in [1.807, 2.05) is 12.4 Å². The lowest BCUT2D eigenvalue weighted by Gasteiger charge is -1.92. The molecular formula is C6H11N3S. The summed E-state index contributed by atoms with van der Waals surface area (Å²) >= 11 is 1.49. The quantitative estimate of drug-likeness (QED) is 0.671. The summed E-state index contributed by atoms with van der Waals surface area (Å²) in [6, 6.07) is 0. The summed E-state index contributed by atoms with van der Waals surface area (Å²) in [5.74, 6) is 0. The van der Waals surface area contributed by atoms with Crippen molar-refractivity contribution >= 4 is 16.5 Å². The number of nitrogens with one attached hydrogen (secondary N) is 1. The molecule has 0 saturated heterocycles. The van der Waals surface area contributed by atoms with Crippen LogP contribution in [0.5, 0.6) is 0 Å². The number of anilines is 1. The van der Waals surface area contributed by atoms with Gasteiger partial charge in [0.05, 0.1) is 5.69 Å². The molecule has 0 spiro atoms. The number of nitrogens with zero attached hydrogens (tertiary/aromatic N) is 1. The predicted molar refractivity (Wildman–Crippen MR) is 44.2 cm³/mol. The van der Waals surface area contributed by atoms with Crippen molar-refractivity contribution in [3.05, 3.63) is 11.1 Å². The molecule has 3 N–H and O–H groups in total. The molecule has 10 heavy (non-hydrogen) atoms. The van der Waals surface area contributed by atoms with E-state index in [2.05, 4.69) is 10.3 Å². The number of aromatic nitrogens is 1. The van der Waals surface area contributed by atoms with Gasteiger partial charge in [0.15, 0.2) is 5.13 Å². The molecule has 0 unspecified atom stereocenters. The summed E-state index contributed by atoms with van der Waals surface area (Å²) < 4.78 is 0. The van der Waals surface area contributed by atoms with Crippen LogP contribution >= 0.6 is 11.3 Å². The first-order chi connectivity index (χ1) is 4.83. The lowest BCUT2D eigenvalue weighted by atomic mass is 10.3. The van der Waals surface area contributed by atoms with Gasteiger partial charge in [-0.3, -0.25) is 0 Å². The Morgan fingerprint density at radius 2 is 2.60 bits per heavy atom. The Morgan fingerprint density at radius 3 is 3.10 bits per heavy atom. The van der Waals surface area contributed by atoms with E-state index in [-0.39, 0.29) is 0 Å². The van der Waals surface area contributed by atoms with Gasteiger partial charge in [0, 0.05) is 18.3 Å². The second-order valence-electron chi connectivity index (χ2n) is 2.03. The molecule has 56 valence electrons. The first-order valence-electron chi connectivity index (χ1n) is 3.17. The van der Waals surface area contributed by atoms with Gasteiger partial charge < -0.3 is 11.1 Å². The molecule has 1 rings (SSSR count). The maximum atomic E-state index is 5.44. The van der Waals surface area contributed by atoms with Gasteiger partial charge in [0.1, 0.15) is 0 Å². The standard InChI is InChI=1S/C6H11N3S/c1-8-3-2-5-4-10-6(7)9-5/h4,8H,2-3H2,1H3,(H2,7,9).